The first-order valence-electron chi connectivity index (χ1n) is 10.7. The molecule has 1 saturated heterocycles. The van der Waals surface area contributed by atoms with Gasteiger partial charge in [0.25, 0.3) is 0 Å². The van der Waals surface area contributed by atoms with Crippen LogP contribution in [0.25, 0.3) is 11.4 Å². The summed E-state index contributed by atoms with van der Waals surface area (Å²) in [7, 11) is 0. The van der Waals surface area contributed by atoms with Crippen molar-refractivity contribution in [2.75, 3.05) is 36.5 Å². The van der Waals surface area contributed by atoms with Gasteiger partial charge in [-0.3, -0.25) is 0 Å². The molecule has 8 nitrogen and oxygen atoms in total. The number of hydrogen-bond donors (Lipinski definition) is 2. The van der Waals surface area contributed by atoms with Crippen molar-refractivity contribution in [1.82, 2.24) is 19.6 Å². The smallest absolute Gasteiger partial charge is 0.377 e. The molecule has 2 aromatic rings. The second kappa shape index (κ2) is 9.74. The number of anilines is 2. The van der Waals surface area contributed by atoms with Gasteiger partial charge in [0.05, 0.1) is 38.0 Å². The van der Waals surface area contributed by atoms with Crippen LogP contribution in [0.2, 0.25) is 0 Å². The van der Waals surface area contributed by atoms with Crippen LogP contribution < -0.4 is 15.5 Å². The molecule has 2 aliphatic rings. The van der Waals surface area contributed by atoms with Gasteiger partial charge in [0.15, 0.2) is 17.8 Å². The lowest BCUT2D eigenvalue weighted by atomic mass is 10.1. The summed E-state index contributed by atoms with van der Waals surface area (Å²) in [6.45, 7) is 6.27. The molecule has 178 valence electrons. The summed E-state index contributed by atoms with van der Waals surface area (Å²) < 4.78 is 45.9. The van der Waals surface area contributed by atoms with E-state index < -0.39 is 17.5 Å². The maximum atomic E-state index is 13.0. The normalized spacial score (nSPS) is 18.8. The van der Waals surface area contributed by atoms with Crippen molar-refractivity contribution in [1.29, 1.82) is 0 Å². The van der Waals surface area contributed by atoms with Crippen LogP contribution >= 0.6 is 0 Å². The highest BCUT2D eigenvalue weighted by atomic mass is 32.2. The Bertz CT molecular complexity index is 1000. The Kier molecular flexibility index (Phi) is 6.96. The first kappa shape index (κ1) is 23.6. The fraction of sp³-hybridized carbons (Fsp3) is 0.476. The summed E-state index contributed by atoms with van der Waals surface area (Å²) in [6.07, 6.45) is 0. The molecule has 2 amide bonds. The van der Waals surface area contributed by atoms with Crippen molar-refractivity contribution >= 4 is 29.5 Å². The maximum Gasteiger partial charge on any atom is 0.592 e. The number of nitrogens with one attached hydrogen (secondary N) is 2. The zero-order valence-electron chi connectivity index (χ0n) is 18.3. The molecule has 0 unspecified atom stereocenters. The van der Waals surface area contributed by atoms with Crippen LogP contribution in [0.4, 0.5) is 29.5 Å². The van der Waals surface area contributed by atoms with Crippen molar-refractivity contribution < 1.29 is 22.7 Å². The third kappa shape index (κ3) is 5.68. The maximum absolute atomic E-state index is 13.0. The number of benzene rings is 1. The quantitative estimate of drug-likeness (QED) is 0.503. The molecule has 0 bridgehead atoms. The van der Waals surface area contributed by atoms with Gasteiger partial charge in [0, 0.05) is 29.9 Å². The van der Waals surface area contributed by atoms with Crippen LogP contribution in [0.3, 0.4) is 0 Å². The van der Waals surface area contributed by atoms with E-state index in [0.717, 1.165) is 5.56 Å². The number of amides is 2. The minimum Gasteiger partial charge on any atom is -0.377 e. The summed E-state index contributed by atoms with van der Waals surface area (Å²) in [6, 6.07) is 6.81. The van der Waals surface area contributed by atoms with Crippen LogP contribution in [0, 0.1) is 0 Å². The molecule has 1 aromatic heterocycles. The molecule has 4 rings (SSSR count). The van der Waals surface area contributed by atoms with E-state index in [9.17, 15) is 18.0 Å². The number of carbonyl (C=O) groups is 1. The zero-order valence-corrected chi connectivity index (χ0v) is 19.2. The highest BCUT2D eigenvalue weighted by Gasteiger charge is 2.46. The Morgan fingerprint density at radius 1 is 1.24 bits per heavy atom. The minimum absolute atomic E-state index is 0.0449. The van der Waals surface area contributed by atoms with Crippen molar-refractivity contribution in [2.45, 2.75) is 38.5 Å². The summed E-state index contributed by atoms with van der Waals surface area (Å²) >= 11 is -0.704. The summed E-state index contributed by atoms with van der Waals surface area (Å²) in [5.74, 6) is 1.10. The van der Waals surface area contributed by atoms with E-state index in [2.05, 4.69) is 20.5 Å². The monoisotopic (exact) mass is 483 g/mol. The number of thiol groups is 1. The summed E-state index contributed by atoms with van der Waals surface area (Å²) in [5, 5.41) is 5.39. The minimum atomic E-state index is -4.31. The van der Waals surface area contributed by atoms with Gasteiger partial charge in [-0.15, -0.1) is 17.5 Å². The van der Waals surface area contributed by atoms with E-state index >= 15 is 0 Å². The first-order chi connectivity index (χ1) is 15.7. The van der Waals surface area contributed by atoms with Gasteiger partial charge in [-0.05, 0) is 38.1 Å². The number of carbonyl (C=O) groups excluding carboxylic acids is 1. The predicted molar refractivity (Wildman–Crippen MR) is 122 cm³/mol. The third-order valence-electron chi connectivity index (χ3n) is 5.38. The van der Waals surface area contributed by atoms with Gasteiger partial charge in [-0.1, -0.05) is 0 Å². The SMILES string of the molecule is CCNC(=O)Nc1ccc(-c2nc3c(c(N4CCOC[C@@H]4C)n2)CN([SH+]C(F)(F)F)C3)cc1. The molecule has 2 N–H and O–H groups in total. The highest BCUT2D eigenvalue weighted by Crippen LogP contribution is 2.35. The van der Waals surface area contributed by atoms with Crippen LogP contribution in [0.1, 0.15) is 25.1 Å². The van der Waals surface area contributed by atoms with Crippen LogP contribution in [0.15, 0.2) is 24.3 Å². The Labute approximate surface area is 194 Å². The zero-order chi connectivity index (χ0) is 23.6. The number of halogens is 3. The van der Waals surface area contributed by atoms with E-state index in [1.807, 2.05) is 13.8 Å². The molecule has 2 aliphatic heterocycles. The number of hydrogen-bond acceptors (Lipinski definition) is 6. The number of fused-ring (bicyclic) bond motifs is 1. The van der Waals surface area contributed by atoms with Gasteiger partial charge < -0.3 is 20.3 Å². The molecule has 1 atom stereocenters. The van der Waals surface area contributed by atoms with E-state index in [-0.39, 0.29) is 25.2 Å². The lowest BCUT2D eigenvalue weighted by Crippen LogP contribution is -2.44. The van der Waals surface area contributed by atoms with E-state index in [1.54, 1.807) is 24.3 Å². The number of alkyl halides is 3. The molecular weight excluding hydrogens is 457 g/mol. The van der Waals surface area contributed by atoms with Crippen molar-refractivity contribution in [3.63, 3.8) is 0 Å². The van der Waals surface area contributed by atoms with Crippen molar-refractivity contribution in [3.8, 4) is 11.4 Å². The summed E-state index contributed by atoms with van der Waals surface area (Å²) in [5.41, 5.74) is -1.64. The van der Waals surface area contributed by atoms with E-state index in [4.69, 9.17) is 9.72 Å². The number of aromatic nitrogens is 2. The van der Waals surface area contributed by atoms with Gasteiger partial charge in [0.1, 0.15) is 5.82 Å². The fourth-order valence-electron chi connectivity index (χ4n) is 3.90. The van der Waals surface area contributed by atoms with E-state index in [1.165, 1.54) is 4.31 Å². The topological polar surface area (TPSA) is 82.6 Å². The predicted octanol–water partition coefficient (Wildman–Crippen LogP) is 3.08. The second-order valence-corrected chi connectivity index (χ2v) is 9.14. The lowest BCUT2D eigenvalue weighted by molar-refractivity contribution is -0.0379. The number of rotatable bonds is 5. The molecule has 0 saturated carbocycles. The van der Waals surface area contributed by atoms with Gasteiger partial charge in [-0.25, -0.2) is 14.8 Å². The standard InChI is InChI=1S/C21H25F3N6O2S/c1-3-25-20(31)26-15-6-4-14(5-7-15)18-27-17-11-29(33-21(22,23)24)10-16(17)19(28-18)30-8-9-32-12-13(30)2/h4-7,13H,3,8-12H2,1-2H3,(H2,25,26,31)/p+1/t13-/m0/s1. The largest absolute Gasteiger partial charge is 0.592 e. The average Bonchev–Trinajstić information content (AvgIpc) is 3.15. The van der Waals surface area contributed by atoms with Gasteiger partial charge in [-0.2, -0.15) is 0 Å². The van der Waals surface area contributed by atoms with Crippen LogP contribution in [-0.4, -0.2) is 58.2 Å². The Morgan fingerprint density at radius 3 is 2.67 bits per heavy atom. The molecule has 33 heavy (non-hydrogen) atoms. The lowest BCUT2D eigenvalue weighted by Gasteiger charge is -2.35. The molecule has 0 aliphatic carbocycles. The number of ether oxygens (including phenoxy) is 1. The number of nitrogens with zero attached hydrogens (tertiary/aromatic N) is 4. The second-order valence-electron chi connectivity index (χ2n) is 7.87. The Balaban J connectivity index is 1.65. The number of morpholine rings is 1. The fourth-order valence-corrected chi connectivity index (χ4v) is 4.64. The van der Waals surface area contributed by atoms with Crippen molar-refractivity contribution in [2.24, 2.45) is 0 Å². The van der Waals surface area contributed by atoms with Gasteiger partial charge in [0.2, 0.25) is 0 Å². The Morgan fingerprint density at radius 2 is 2.00 bits per heavy atom. The third-order valence-corrected chi connectivity index (χ3v) is 6.17. The molecule has 12 heteroatoms. The van der Waals surface area contributed by atoms with Gasteiger partial charge >= 0.3 is 11.5 Å². The number of urea groups is 1. The van der Waals surface area contributed by atoms with E-state index in [0.29, 0.717) is 54.9 Å². The molecule has 0 radical (unpaired) electrons. The van der Waals surface area contributed by atoms with Crippen LogP contribution in [-0.2, 0) is 29.8 Å². The molecular formula is C21H26F3N6O2S+. The first-order valence-corrected chi connectivity index (χ1v) is 11.5. The van der Waals surface area contributed by atoms with Crippen molar-refractivity contribution in [3.05, 3.63) is 35.5 Å². The average molecular weight is 484 g/mol. The highest BCUT2D eigenvalue weighted by molar-refractivity contribution is 7.76. The Hall–Kier alpha value is -2.57. The molecule has 3 heterocycles. The molecule has 1 fully saturated rings. The van der Waals surface area contributed by atoms with Crippen LogP contribution in [0.5, 0.6) is 0 Å². The molecule has 1 aromatic carbocycles. The molecule has 0 spiro atoms. The summed E-state index contributed by atoms with van der Waals surface area (Å²) in [4.78, 5) is 23.2.